The minimum atomic E-state index is -4.94. The Balaban J connectivity index is 1.85. The zero-order valence-electron chi connectivity index (χ0n) is 19.9. The molecule has 0 radical (unpaired) electrons. The van der Waals surface area contributed by atoms with E-state index in [2.05, 4.69) is 46.4 Å². The highest BCUT2D eigenvalue weighted by molar-refractivity contribution is 9.10. The molecule has 196 valence electrons. The summed E-state index contributed by atoms with van der Waals surface area (Å²) < 4.78 is 45.5. The van der Waals surface area contributed by atoms with E-state index in [0.717, 1.165) is 18.9 Å². The lowest BCUT2D eigenvalue weighted by Crippen LogP contribution is -2.40. The summed E-state index contributed by atoms with van der Waals surface area (Å²) in [5.41, 5.74) is 0.863. The fraction of sp³-hybridized carbons (Fsp3) is 0.333. The molecule has 2 aromatic heterocycles. The van der Waals surface area contributed by atoms with Crippen LogP contribution in [0, 0.1) is 0 Å². The summed E-state index contributed by atoms with van der Waals surface area (Å²) in [6.07, 6.45) is -2.69. The Labute approximate surface area is 223 Å². The number of nitrogens with one attached hydrogen (secondary N) is 2. The van der Waals surface area contributed by atoms with Crippen LogP contribution in [-0.2, 0) is 4.79 Å². The first kappa shape index (κ1) is 26.9. The van der Waals surface area contributed by atoms with Crippen molar-refractivity contribution < 1.29 is 22.7 Å². The summed E-state index contributed by atoms with van der Waals surface area (Å²) in [6, 6.07) is 8.56. The average Bonchev–Trinajstić information content (AvgIpc) is 3.28. The molecule has 0 aliphatic heterocycles. The molecule has 13 heteroatoms. The van der Waals surface area contributed by atoms with Crippen molar-refractivity contribution in [3.63, 3.8) is 0 Å². The van der Waals surface area contributed by atoms with E-state index >= 15 is 0 Å². The molecule has 0 saturated carbocycles. The first-order valence-corrected chi connectivity index (χ1v) is 12.7. The highest BCUT2D eigenvalue weighted by atomic mass is 79.9. The molecule has 2 heterocycles. The van der Waals surface area contributed by atoms with Gasteiger partial charge < -0.3 is 15.4 Å². The standard InChI is InChI=1S/C24H23BrClF3N6O2/c1-3-5-11-30-22(36)17(4-2)31-23-32-19-15(7-6-8-16(19)25)21-33-20(34-35(21)23)14-10-9-13(26)12-18(14)37-24(27,28)29/h6-10,12,17H,3-5,11H2,1-2H3,(H,30,36)(H,31,32)/t17-/m0/s1. The van der Waals surface area contributed by atoms with E-state index in [1.807, 2.05) is 13.8 Å². The number of ether oxygens (including phenoxy) is 1. The van der Waals surface area contributed by atoms with Crippen molar-refractivity contribution in [1.82, 2.24) is 24.9 Å². The molecule has 1 amide bonds. The number of anilines is 1. The number of amides is 1. The molecule has 0 aliphatic rings. The lowest BCUT2D eigenvalue weighted by atomic mass is 10.2. The van der Waals surface area contributed by atoms with Crippen molar-refractivity contribution in [2.75, 3.05) is 11.9 Å². The van der Waals surface area contributed by atoms with Crippen molar-refractivity contribution in [3.05, 3.63) is 45.9 Å². The molecule has 0 saturated heterocycles. The van der Waals surface area contributed by atoms with Crippen molar-refractivity contribution >= 4 is 55.9 Å². The van der Waals surface area contributed by atoms with Gasteiger partial charge in [-0.1, -0.05) is 37.9 Å². The summed E-state index contributed by atoms with van der Waals surface area (Å²) in [4.78, 5) is 22.0. The summed E-state index contributed by atoms with van der Waals surface area (Å²) in [6.45, 7) is 4.43. The largest absolute Gasteiger partial charge is 0.573 e. The molecule has 0 unspecified atom stereocenters. The number of alkyl halides is 3. The molecule has 2 N–H and O–H groups in total. The Kier molecular flexibility index (Phi) is 8.08. The molecule has 4 aromatic rings. The van der Waals surface area contributed by atoms with E-state index in [4.69, 9.17) is 11.6 Å². The van der Waals surface area contributed by atoms with Crippen LogP contribution in [0.4, 0.5) is 19.1 Å². The minimum Gasteiger partial charge on any atom is -0.405 e. The van der Waals surface area contributed by atoms with Crippen molar-refractivity contribution in [2.45, 2.75) is 45.5 Å². The summed E-state index contributed by atoms with van der Waals surface area (Å²) in [7, 11) is 0. The molecule has 0 bridgehead atoms. The van der Waals surface area contributed by atoms with Gasteiger partial charge in [-0.15, -0.1) is 18.3 Å². The summed E-state index contributed by atoms with van der Waals surface area (Å²) in [5, 5.41) is 11.1. The fourth-order valence-electron chi connectivity index (χ4n) is 3.71. The Hall–Kier alpha value is -3.12. The molecule has 0 fully saturated rings. The zero-order chi connectivity index (χ0) is 26.7. The molecule has 2 aromatic carbocycles. The topological polar surface area (TPSA) is 93.4 Å². The van der Waals surface area contributed by atoms with Crippen LogP contribution in [-0.4, -0.2) is 44.4 Å². The number of nitrogens with zero attached hydrogens (tertiary/aromatic N) is 4. The minimum absolute atomic E-state index is 0.0103. The van der Waals surface area contributed by atoms with E-state index in [9.17, 15) is 18.0 Å². The normalized spacial score (nSPS) is 12.6. The van der Waals surface area contributed by atoms with E-state index in [-0.39, 0.29) is 28.3 Å². The zero-order valence-corrected chi connectivity index (χ0v) is 22.2. The molecule has 8 nitrogen and oxygen atoms in total. The third-order valence-electron chi connectivity index (χ3n) is 5.52. The second-order valence-corrected chi connectivity index (χ2v) is 9.47. The predicted molar refractivity (Wildman–Crippen MR) is 139 cm³/mol. The number of carbonyl (C=O) groups is 1. The lowest BCUT2D eigenvalue weighted by Gasteiger charge is -2.18. The van der Waals surface area contributed by atoms with E-state index in [1.54, 1.807) is 18.2 Å². The number of hydrogen-bond acceptors (Lipinski definition) is 6. The number of fused-ring (bicyclic) bond motifs is 3. The van der Waals surface area contributed by atoms with Gasteiger partial charge in [0.2, 0.25) is 11.9 Å². The van der Waals surface area contributed by atoms with Gasteiger partial charge in [-0.25, -0.2) is 9.97 Å². The lowest BCUT2D eigenvalue weighted by molar-refractivity contribution is -0.274. The van der Waals surface area contributed by atoms with Gasteiger partial charge >= 0.3 is 6.36 Å². The number of carbonyl (C=O) groups excluding carboxylic acids is 1. The molecule has 37 heavy (non-hydrogen) atoms. The quantitative estimate of drug-likeness (QED) is 0.217. The Bertz CT molecular complexity index is 1450. The Morgan fingerprint density at radius 1 is 1.22 bits per heavy atom. The Morgan fingerprint density at radius 3 is 2.70 bits per heavy atom. The van der Waals surface area contributed by atoms with Gasteiger partial charge in [0.05, 0.1) is 11.1 Å². The third kappa shape index (κ3) is 6.07. The maximum absolute atomic E-state index is 13.1. The van der Waals surface area contributed by atoms with Gasteiger partial charge in [0.15, 0.2) is 11.5 Å². The van der Waals surface area contributed by atoms with Gasteiger partial charge in [-0.2, -0.15) is 4.52 Å². The molecule has 0 aliphatic carbocycles. The highest BCUT2D eigenvalue weighted by Crippen LogP contribution is 2.36. The van der Waals surface area contributed by atoms with Crippen molar-refractivity contribution in [1.29, 1.82) is 0 Å². The molecule has 1 atom stereocenters. The van der Waals surface area contributed by atoms with Crippen molar-refractivity contribution in [2.24, 2.45) is 0 Å². The van der Waals surface area contributed by atoms with Gasteiger partial charge in [0, 0.05) is 21.4 Å². The number of aromatic nitrogens is 4. The average molecular weight is 600 g/mol. The van der Waals surface area contributed by atoms with Gasteiger partial charge in [0.25, 0.3) is 0 Å². The number of hydrogen-bond donors (Lipinski definition) is 2. The predicted octanol–water partition coefficient (Wildman–Crippen LogP) is 6.37. The number of rotatable bonds is 9. The molecular weight excluding hydrogens is 577 g/mol. The van der Waals surface area contributed by atoms with Crippen LogP contribution in [0.15, 0.2) is 40.9 Å². The second-order valence-electron chi connectivity index (χ2n) is 8.18. The van der Waals surface area contributed by atoms with E-state index in [0.29, 0.717) is 34.0 Å². The Morgan fingerprint density at radius 2 is 2.00 bits per heavy atom. The number of unbranched alkanes of at least 4 members (excludes halogenated alkanes) is 1. The summed E-state index contributed by atoms with van der Waals surface area (Å²) in [5.74, 6) is -0.561. The van der Waals surface area contributed by atoms with Crippen LogP contribution >= 0.6 is 27.5 Å². The number of halogens is 5. The maximum atomic E-state index is 13.1. The fourth-order valence-corrected chi connectivity index (χ4v) is 4.33. The highest BCUT2D eigenvalue weighted by Gasteiger charge is 2.33. The van der Waals surface area contributed by atoms with Crippen LogP contribution in [0.25, 0.3) is 27.9 Å². The van der Waals surface area contributed by atoms with Gasteiger partial charge in [0.1, 0.15) is 11.8 Å². The molecule has 0 spiro atoms. The number of benzene rings is 2. The van der Waals surface area contributed by atoms with E-state index < -0.39 is 18.2 Å². The second kappa shape index (κ2) is 11.1. The molecule has 4 rings (SSSR count). The first-order chi connectivity index (χ1) is 17.6. The van der Waals surface area contributed by atoms with Crippen LogP contribution in [0.3, 0.4) is 0 Å². The van der Waals surface area contributed by atoms with Gasteiger partial charge in [-0.05, 0) is 59.1 Å². The van der Waals surface area contributed by atoms with Crippen LogP contribution in [0.2, 0.25) is 5.02 Å². The maximum Gasteiger partial charge on any atom is 0.573 e. The van der Waals surface area contributed by atoms with Crippen LogP contribution < -0.4 is 15.4 Å². The molecular formula is C24H23BrClF3N6O2. The smallest absolute Gasteiger partial charge is 0.405 e. The van der Waals surface area contributed by atoms with Crippen LogP contribution in [0.1, 0.15) is 33.1 Å². The first-order valence-electron chi connectivity index (χ1n) is 11.6. The van der Waals surface area contributed by atoms with Crippen LogP contribution in [0.5, 0.6) is 5.75 Å². The monoisotopic (exact) mass is 598 g/mol. The third-order valence-corrected chi connectivity index (χ3v) is 6.40. The number of para-hydroxylation sites is 1. The SMILES string of the molecule is CCCCNC(=O)[C@H](CC)Nc1nc2c(Br)cccc2c2nc(-c3ccc(Cl)cc3OC(F)(F)F)nn12. The van der Waals surface area contributed by atoms with Crippen molar-refractivity contribution in [3.8, 4) is 17.1 Å². The van der Waals surface area contributed by atoms with Gasteiger partial charge in [-0.3, -0.25) is 4.79 Å². The van der Waals surface area contributed by atoms with E-state index in [1.165, 1.54) is 16.6 Å². The summed E-state index contributed by atoms with van der Waals surface area (Å²) >= 11 is 9.41.